The Bertz CT molecular complexity index is 1190. The normalized spacial score (nSPS) is 13.3. The molecule has 0 bridgehead atoms. The molecule has 0 atom stereocenters. The summed E-state index contributed by atoms with van der Waals surface area (Å²) in [6.45, 7) is 0. The van der Waals surface area contributed by atoms with Crippen LogP contribution < -0.4 is 0 Å². The molecule has 0 saturated carbocycles. The number of allylic oxidation sites excluding steroid dienone is 2. The molecule has 0 aromatic heterocycles. The van der Waals surface area contributed by atoms with Crippen molar-refractivity contribution in [2.24, 2.45) is 0 Å². The molecular weight excluding hydrogens is 372 g/mol. The van der Waals surface area contributed by atoms with Crippen LogP contribution in [-0.4, -0.2) is 32.7 Å². The third-order valence-electron chi connectivity index (χ3n) is 4.77. The lowest BCUT2D eigenvalue weighted by Gasteiger charge is -2.11. The van der Waals surface area contributed by atoms with Crippen molar-refractivity contribution >= 4 is 17.3 Å². The van der Waals surface area contributed by atoms with Crippen LogP contribution in [0.5, 0.6) is 17.2 Å². The average molecular weight is 386 g/mol. The highest BCUT2D eigenvalue weighted by molar-refractivity contribution is 6.24. The van der Waals surface area contributed by atoms with Gasteiger partial charge in [0.05, 0.1) is 16.7 Å². The number of fused-ring (bicyclic) bond motifs is 4. The van der Waals surface area contributed by atoms with Gasteiger partial charge < -0.3 is 15.3 Å². The number of hydrogen-bond acceptors (Lipinski definition) is 6. The first-order valence-corrected chi connectivity index (χ1v) is 8.68. The molecule has 6 nitrogen and oxygen atoms in total. The number of carbonyl (C=O) groups excluding carboxylic acids is 3. The number of rotatable bonds is 0. The Balaban J connectivity index is 0.000000142. The molecule has 0 radical (unpaired) electrons. The van der Waals surface area contributed by atoms with Crippen LogP contribution in [0.15, 0.2) is 66.7 Å². The van der Waals surface area contributed by atoms with Crippen LogP contribution in [0, 0.1) is 0 Å². The van der Waals surface area contributed by atoms with Crippen molar-refractivity contribution in [3.05, 3.63) is 89.0 Å². The summed E-state index contributed by atoms with van der Waals surface area (Å²) >= 11 is 0. The number of aromatic hydroxyl groups is 3. The van der Waals surface area contributed by atoms with E-state index in [1.54, 1.807) is 18.2 Å². The van der Waals surface area contributed by atoms with Gasteiger partial charge in [-0.2, -0.15) is 0 Å². The number of phenols is 3. The van der Waals surface area contributed by atoms with Gasteiger partial charge in [0.2, 0.25) is 0 Å². The predicted molar refractivity (Wildman–Crippen MR) is 105 cm³/mol. The fourth-order valence-corrected chi connectivity index (χ4v) is 3.45. The molecule has 0 fully saturated rings. The van der Waals surface area contributed by atoms with Gasteiger partial charge >= 0.3 is 0 Å². The summed E-state index contributed by atoms with van der Waals surface area (Å²) in [5.41, 5.74) is 2.59. The lowest BCUT2D eigenvalue weighted by atomic mass is 9.93. The Morgan fingerprint density at radius 1 is 0.483 bits per heavy atom. The minimum absolute atomic E-state index is 0.0636. The number of hydrogen-bond donors (Lipinski definition) is 3. The molecule has 29 heavy (non-hydrogen) atoms. The summed E-state index contributed by atoms with van der Waals surface area (Å²) in [7, 11) is 0. The van der Waals surface area contributed by atoms with Gasteiger partial charge in [0.15, 0.2) is 17.3 Å². The molecule has 3 aromatic rings. The molecule has 3 N–H and O–H groups in total. The molecule has 0 saturated heterocycles. The lowest BCUT2D eigenvalue weighted by Crippen LogP contribution is -2.11. The van der Waals surface area contributed by atoms with E-state index < -0.39 is 11.6 Å². The van der Waals surface area contributed by atoms with Gasteiger partial charge in [0.1, 0.15) is 17.2 Å². The average Bonchev–Trinajstić information content (AvgIpc) is 3.01. The van der Waals surface area contributed by atoms with Gasteiger partial charge in [-0.25, -0.2) is 0 Å². The molecule has 0 heterocycles. The first kappa shape index (κ1) is 18.2. The molecule has 142 valence electrons. The maximum Gasteiger partial charge on any atom is 0.197 e. The molecule has 6 heteroatoms. The minimum atomic E-state index is -0.479. The van der Waals surface area contributed by atoms with Crippen LogP contribution in [0.1, 0.15) is 36.6 Å². The van der Waals surface area contributed by atoms with E-state index in [1.165, 1.54) is 12.1 Å². The van der Waals surface area contributed by atoms with Gasteiger partial charge in [-0.3, -0.25) is 14.4 Å². The Hall–Kier alpha value is -4.19. The molecule has 0 spiro atoms. The maximum atomic E-state index is 11.9. The second-order valence-electron chi connectivity index (χ2n) is 6.49. The molecule has 5 rings (SSSR count). The predicted octanol–water partition coefficient (Wildman–Crippen LogP) is 3.64. The zero-order chi connectivity index (χ0) is 20.7. The molecule has 2 aliphatic rings. The van der Waals surface area contributed by atoms with E-state index in [4.69, 9.17) is 0 Å². The van der Waals surface area contributed by atoms with Crippen molar-refractivity contribution in [1.29, 1.82) is 0 Å². The molecule has 0 unspecified atom stereocenters. The van der Waals surface area contributed by atoms with E-state index in [2.05, 4.69) is 0 Å². The quantitative estimate of drug-likeness (QED) is 0.398. The fraction of sp³-hybridized carbons (Fsp3) is 0. The monoisotopic (exact) mass is 386 g/mol. The van der Waals surface area contributed by atoms with Crippen molar-refractivity contribution in [1.82, 2.24) is 0 Å². The van der Waals surface area contributed by atoms with Crippen molar-refractivity contribution in [3.8, 4) is 28.4 Å². The van der Waals surface area contributed by atoms with E-state index in [-0.39, 0.29) is 34.2 Å². The second kappa shape index (κ2) is 6.76. The summed E-state index contributed by atoms with van der Waals surface area (Å²) in [4.78, 5) is 34.5. The van der Waals surface area contributed by atoms with Gasteiger partial charge in [-0.1, -0.05) is 36.4 Å². The SMILES string of the molecule is O=C1C=CC(=O)c2c(O)ccc(O)c21.O=C1c2ccccc2-c2cccc(O)c21. The fourth-order valence-electron chi connectivity index (χ4n) is 3.45. The molecule has 0 amide bonds. The second-order valence-corrected chi connectivity index (χ2v) is 6.49. The smallest absolute Gasteiger partial charge is 0.197 e. The van der Waals surface area contributed by atoms with Gasteiger partial charge in [-0.05, 0) is 41.5 Å². The van der Waals surface area contributed by atoms with Crippen LogP contribution >= 0.6 is 0 Å². The molecular formula is C23H14O6. The lowest BCUT2D eigenvalue weighted by molar-refractivity contribution is 0.0989. The Labute approximate surface area is 165 Å². The Morgan fingerprint density at radius 3 is 1.55 bits per heavy atom. The summed E-state index contributed by atoms with van der Waals surface area (Å²) in [5.74, 6) is -1.56. The summed E-state index contributed by atoms with van der Waals surface area (Å²) < 4.78 is 0. The third kappa shape index (κ3) is 2.87. The van der Waals surface area contributed by atoms with Crippen LogP contribution in [-0.2, 0) is 0 Å². The topological polar surface area (TPSA) is 112 Å². The Morgan fingerprint density at radius 2 is 0.966 bits per heavy atom. The largest absolute Gasteiger partial charge is 0.507 e. The van der Waals surface area contributed by atoms with E-state index in [0.29, 0.717) is 11.1 Å². The highest BCUT2D eigenvalue weighted by Crippen LogP contribution is 2.40. The summed E-state index contributed by atoms with van der Waals surface area (Å²) in [5, 5.41) is 28.4. The summed E-state index contributed by atoms with van der Waals surface area (Å²) in [6.07, 6.45) is 2.15. The van der Waals surface area contributed by atoms with Crippen molar-refractivity contribution in [2.75, 3.05) is 0 Å². The highest BCUT2D eigenvalue weighted by atomic mass is 16.3. The van der Waals surface area contributed by atoms with Gasteiger partial charge in [-0.15, -0.1) is 0 Å². The zero-order valence-corrected chi connectivity index (χ0v) is 14.9. The summed E-state index contributed by atoms with van der Waals surface area (Å²) in [6, 6.07) is 14.9. The van der Waals surface area contributed by atoms with Crippen LogP contribution in [0.4, 0.5) is 0 Å². The third-order valence-corrected chi connectivity index (χ3v) is 4.77. The van der Waals surface area contributed by atoms with E-state index in [0.717, 1.165) is 23.3 Å². The zero-order valence-electron chi connectivity index (χ0n) is 14.9. The minimum Gasteiger partial charge on any atom is -0.507 e. The van der Waals surface area contributed by atoms with Crippen molar-refractivity contribution in [2.45, 2.75) is 0 Å². The van der Waals surface area contributed by atoms with Crippen LogP contribution in [0.2, 0.25) is 0 Å². The number of benzene rings is 3. The molecule has 2 aliphatic carbocycles. The standard InChI is InChI=1S/C13H8O2.C10H6O4/c14-11-7-3-6-9-8-4-1-2-5-10(8)13(15)12(9)11;11-5-1-2-6(12)10-8(14)4-3-7(13)9(5)10/h1-7,14H;1-4,11-12H. The van der Waals surface area contributed by atoms with Crippen molar-refractivity contribution < 1.29 is 29.7 Å². The van der Waals surface area contributed by atoms with Gasteiger partial charge in [0.25, 0.3) is 0 Å². The molecule has 3 aromatic carbocycles. The van der Waals surface area contributed by atoms with Crippen LogP contribution in [0.25, 0.3) is 11.1 Å². The number of phenolic OH excluding ortho intramolecular Hbond substituents is 3. The van der Waals surface area contributed by atoms with Gasteiger partial charge in [0, 0.05) is 5.56 Å². The number of carbonyl (C=O) groups is 3. The van der Waals surface area contributed by atoms with E-state index >= 15 is 0 Å². The first-order chi connectivity index (χ1) is 13.9. The maximum absolute atomic E-state index is 11.9. The molecule has 0 aliphatic heterocycles. The highest BCUT2D eigenvalue weighted by Gasteiger charge is 2.28. The van der Waals surface area contributed by atoms with E-state index in [9.17, 15) is 29.7 Å². The van der Waals surface area contributed by atoms with Crippen LogP contribution in [0.3, 0.4) is 0 Å². The first-order valence-electron chi connectivity index (χ1n) is 8.68. The van der Waals surface area contributed by atoms with Crippen molar-refractivity contribution in [3.63, 3.8) is 0 Å². The Kier molecular flexibility index (Phi) is 4.24. The van der Waals surface area contributed by atoms with E-state index in [1.807, 2.05) is 24.3 Å². The number of ketones is 3.